The monoisotopic (exact) mass is 1400 g/mol. The molecule has 0 saturated carbocycles. The quantitative estimate of drug-likeness (QED) is 0.108. The fourth-order valence-electron chi connectivity index (χ4n) is 15.2. The first-order chi connectivity index (χ1) is 51.8. The molecule has 530 valence electrons. The average Bonchev–Trinajstić information content (AvgIpc) is 1.56. The van der Waals surface area contributed by atoms with Gasteiger partial charge in [-0.15, -0.1) is 0 Å². The highest BCUT2D eigenvalue weighted by Crippen LogP contribution is 2.48. The van der Waals surface area contributed by atoms with Crippen LogP contribution in [0.1, 0.15) is 116 Å². The molecule has 0 fully saturated rings. The van der Waals surface area contributed by atoms with E-state index in [1.807, 2.05) is 18.2 Å². The van der Waals surface area contributed by atoms with Gasteiger partial charge in [0.2, 0.25) is 0 Å². The fourth-order valence-corrected chi connectivity index (χ4v) is 15.2. The van der Waals surface area contributed by atoms with E-state index in [1.165, 1.54) is 22.3 Å². The number of hydrogen-bond donors (Lipinski definition) is 0. The van der Waals surface area contributed by atoms with Crippen molar-refractivity contribution in [3.8, 4) is 67.8 Å². The van der Waals surface area contributed by atoms with Crippen molar-refractivity contribution in [2.45, 2.75) is 119 Å². The van der Waals surface area contributed by atoms with Crippen LogP contribution in [0, 0.1) is 20.4 Å². The molecule has 0 aliphatic heterocycles. The summed E-state index contributed by atoms with van der Waals surface area (Å²) in [6.45, 7) is 40.0. The first kappa shape index (κ1) is 69.9. The summed E-state index contributed by atoms with van der Waals surface area (Å²) >= 11 is 0. The molecule has 0 aliphatic rings. The highest BCUT2D eigenvalue weighted by atomic mass is 15.2. The Hall–Kier alpha value is -12.4. The van der Waals surface area contributed by atoms with E-state index in [0.29, 0.717) is 23.2 Å². The van der Waals surface area contributed by atoms with Crippen molar-refractivity contribution in [2.75, 3.05) is 9.80 Å². The van der Waals surface area contributed by atoms with Gasteiger partial charge in [0.15, 0.2) is 23.2 Å². The maximum Gasteiger partial charge on any atom is 0.187 e. The van der Waals surface area contributed by atoms with Gasteiger partial charge in [0.25, 0.3) is 0 Å². The van der Waals surface area contributed by atoms with Crippen LogP contribution in [-0.2, 0) is 21.7 Å². The van der Waals surface area contributed by atoms with E-state index in [4.69, 9.17) is 21.5 Å². The zero-order chi connectivity index (χ0) is 75.1. The second kappa shape index (κ2) is 27.2. The zero-order valence-electron chi connectivity index (χ0n) is 64.3. The van der Waals surface area contributed by atoms with Crippen LogP contribution >= 0.6 is 0 Å². The molecule has 16 aromatic rings. The highest BCUT2D eigenvalue weighted by Gasteiger charge is 2.29. The molecule has 0 spiro atoms. The van der Waals surface area contributed by atoms with Gasteiger partial charge >= 0.3 is 0 Å². The lowest BCUT2D eigenvalue weighted by Gasteiger charge is -2.26. The summed E-state index contributed by atoms with van der Waals surface area (Å²) in [5.41, 5.74) is 26.1. The zero-order valence-corrected chi connectivity index (χ0v) is 64.3. The van der Waals surface area contributed by atoms with Crippen molar-refractivity contribution < 1.29 is 0 Å². The van der Waals surface area contributed by atoms with Gasteiger partial charge in [-0.05, 0) is 233 Å². The van der Waals surface area contributed by atoms with Crippen LogP contribution in [0.4, 0.5) is 39.8 Å². The molecule has 13 aromatic carbocycles. The number of para-hydroxylation sites is 4. The van der Waals surface area contributed by atoms with E-state index >= 15 is 0 Å². The Morgan fingerprint density at radius 2 is 0.639 bits per heavy atom. The van der Waals surface area contributed by atoms with E-state index in [0.717, 1.165) is 139 Å². The summed E-state index contributed by atoms with van der Waals surface area (Å²) in [4.78, 5) is 25.7. The Morgan fingerprint density at radius 1 is 0.278 bits per heavy atom. The summed E-state index contributed by atoms with van der Waals surface area (Å²) in [5.74, 6) is 1.77. The standard InChI is InChI=1S/C100H90N8/c1-64-39-46-88-83(51-64)86-62-80(105(76-31-20-16-21-32-76)77-33-22-17-23-34-77)43-49-91(86)107(88)90-48-42-68(94-102-95(69-53-71(97(3,4)5)60-72(54-69)98(6,7)8)104-96(103-94)70-55-73(99(9,10)11)61-74(56-70)100(12,13)14)58-85(90)82-45-41-67(66-29-28-30-75(57-66)101-15)59-93(82)108-89-47-40-65(2)52-84(89)87-63-81(44-50-92(87)108)106(78-35-24-18-25-36-78)79-37-26-19-27-38-79/h16-63H,1-14H3. The Labute approximate surface area is 635 Å². The lowest BCUT2D eigenvalue weighted by atomic mass is 9.79. The molecule has 0 unspecified atom stereocenters. The molecule has 8 nitrogen and oxygen atoms in total. The molecule has 0 atom stereocenters. The summed E-state index contributed by atoms with van der Waals surface area (Å²) < 4.78 is 4.95. The third kappa shape index (κ3) is 13.3. The van der Waals surface area contributed by atoms with Crippen molar-refractivity contribution in [1.29, 1.82) is 0 Å². The molecule has 0 N–H and O–H groups in total. The minimum atomic E-state index is -0.173. The second-order valence-electron chi connectivity index (χ2n) is 33.2. The van der Waals surface area contributed by atoms with Gasteiger partial charge in [-0.1, -0.05) is 222 Å². The van der Waals surface area contributed by atoms with Crippen LogP contribution in [0.5, 0.6) is 0 Å². The van der Waals surface area contributed by atoms with E-state index < -0.39 is 0 Å². The Morgan fingerprint density at radius 3 is 1.04 bits per heavy atom. The van der Waals surface area contributed by atoms with Crippen molar-refractivity contribution in [3.63, 3.8) is 0 Å². The van der Waals surface area contributed by atoms with E-state index in [-0.39, 0.29) is 21.7 Å². The number of fused-ring (bicyclic) bond motifs is 6. The Kier molecular flexibility index (Phi) is 17.6. The maximum absolute atomic E-state index is 8.24. The van der Waals surface area contributed by atoms with Gasteiger partial charge in [0, 0.05) is 83.5 Å². The molecule has 0 saturated heterocycles. The molecule has 0 aliphatic carbocycles. The first-order valence-electron chi connectivity index (χ1n) is 37.6. The number of hydrogen-bond acceptors (Lipinski definition) is 5. The summed E-state index contributed by atoms with van der Waals surface area (Å²) in [5, 5.41) is 4.49. The van der Waals surface area contributed by atoms with Gasteiger partial charge in [-0.25, -0.2) is 19.8 Å². The molecule has 3 aromatic heterocycles. The minimum Gasteiger partial charge on any atom is -0.310 e. The number of aromatic nitrogens is 5. The van der Waals surface area contributed by atoms with Crippen LogP contribution in [0.25, 0.3) is 116 Å². The molecule has 16 rings (SSSR count). The number of benzene rings is 13. The number of rotatable bonds is 13. The van der Waals surface area contributed by atoms with Gasteiger partial charge in [-0.3, -0.25) is 0 Å². The van der Waals surface area contributed by atoms with E-state index in [2.05, 4.69) is 394 Å². The van der Waals surface area contributed by atoms with Crippen LogP contribution in [0.3, 0.4) is 0 Å². The summed E-state index contributed by atoms with van der Waals surface area (Å²) in [6, 6.07) is 106. The smallest absolute Gasteiger partial charge is 0.187 e. The number of anilines is 6. The Bertz CT molecular complexity index is 5950. The largest absolute Gasteiger partial charge is 0.310 e. The number of nitrogens with zero attached hydrogens (tertiary/aromatic N) is 8. The van der Waals surface area contributed by atoms with Crippen molar-refractivity contribution in [2.24, 2.45) is 0 Å². The summed E-state index contributed by atoms with van der Waals surface area (Å²) in [6.07, 6.45) is 0. The fraction of sp³-hybridized carbons (Fsp3) is 0.180. The predicted molar refractivity (Wildman–Crippen MR) is 456 cm³/mol. The Balaban J connectivity index is 1.02. The minimum absolute atomic E-state index is 0.173. The predicted octanol–water partition coefficient (Wildman–Crippen LogP) is 27.7. The highest BCUT2D eigenvalue weighted by molar-refractivity contribution is 6.14. The molecule has 0 amide bonds. The maximum atomic E-state index is 8.24. The normalized spacial score (nSPS) is 12.2. The van der Waals surface area contributed by atoms with Crippen molar-refractivity contribution >= 4 is 83.4 Å². The lowest BCUT2D eigenvalue weighted by molar-refractivity contribution is 0.568. The third-order valence-corrected chi connectivity index (χ3v) is 21.2. The van der Waals surface area contributed by atoms with Gasteiger partial charge < -0.3 is 18.9 Å². The molecule has 3 heterocycles. The average molecular weight is 1400 g/mol. The van der Waals surface area contributed by atoms with E-state index in [1.54, 1.807) is 0 Å². The van der Waals surface area contributed by atoms with Crippen LogP contribution in [0.2, 0.25) is 0 Å². The SMILES string of the molecule is [C-]#[N+]c1cccc(-c2ccc(-c3cc(-c4nc(-c5cc(C(C)(C)C)cc(C(C)(C)C)c5)nc(-c5cc(C(C)(C)C)cc(C(C)(C)C)c5)n4)ccc3-n3c4ccc(C)cc4c4cc(N(c5ccccc5)c5ccccc5)ccc43)c(-n3c4ccc(C)cc4c4cc(N(c5ccccc5)c5ccccc5)ccc43)c2)c1. The number of aryl methyl sites for hydroxylation is 2. The van der Waals surface area contributed by atoms with Crippen LogP contribution in [0.15, 0.2) is 291 Å². The van der Waals surface area contributed by atoms with Gasteiger partial charge in [0.05, 0.1) is 40.0 Å². The molecular formula is C100H90N8. The lowest BCUT2D eigenvalue weighted by Crippen LogP contribution is -2.17. The van der Waals surface area contributed by atoms with Gasteiger partial charge in [-0.2, -0.15) is 0 Å². The molecular weight excluding hydrogens is 1310 g/mol. The van der Waals surface area contributed by atoms with Crippen LogP contribution in [-0.4, -0.2) is 24.1 Å². The first-order valence-corrected chi connectivity index (χ1v) is 37.6. The third-order valence-electron chi connectivity index (χ3n) is 21.2. The molecule has 0 bridgehead atoms. The molecule has 8 heteroatoms. The van der Waals surface area contributed by atoms with Crippen molar-refractivity contribution in [3.05, 3.63) is 336 Å². The second-order valence-corrected chi connectivity index (χ2v) is 33.2. The summed E-state index contributed by atoms with van der Waals surface area (Å²) in [7, 11) is 0. The van der Waals surface area contributed by atoms with E-state index in [9.17, 15) is 0 Å². The van der Waals surface area contributed by atoms with Crippen molar-refractivity contribution in [1.82, 2.24) is 24.1 Å². The van der Waals surface area contributed by atoms with Gasteiger partial charge in [0.1, 0.15) is 0 Å². The topological polar surface area (TPSA) is 59.4 Å². The molecule has 0 radical (unpaired) electrons. The van der Waals surface area contributed by atoms with Crippen LogP contribution < -0.4 is 9.80 Å². The molecule has 108 heavy (non-hydrogen) atoms.